The Morgan fingerprint density at radius 2 is 1.73 bits per heavy atom. The summed E-state index contributed by atoms with van der Waals surface area (Å²) in [6.07, 6.45) is 2.03. The molecule has 0 saturated carbocycles. The van der Waals surface area contributed by atoms with Crippen LogP contribution in [0.25, 0.3) is 0 Å². The highest BCUT2D eigenvalue weighted by Crippen LogP contribution is 2.48. The van der Waals surface area contributed by atoms with E-state index in [2.05, 4.69) is 19.2 Å². The summed E-state index contributed by atoms with van der Waals surface area (Å²) in [6.45, 7) is 4.95. The van der Waals surface area contributed by atoms with Gasteiger partial charge in [0.15, 0.2) is 5.78 Å². The van der Waals surface area contributed by atoms with Crippen molar-refractivity contribution in [3.05, 3.63) is 71.2 Å². The van der Waals surface area contributed by atoms with Crippen LogP contribution in [0.3, 0.4) is 0 Å². The van der Waals surface area contributed by atoms with Gasteiger partial charge in [-0.05, 0) is 42.9 Å². The van der Waals surface area contributed by atoms with Gasteiger partial charge in [-0.15, -0.1) is 0 Å². The Morgan fingerprint density at radius 3 is 2.43 bits per heavy atom. The number of benzene rings is 2. The maximum absolute atomic E-state index is 15.4. The number of hydrogen-bond donors (Lipinski definition) is 2. The molecule has 1 fully saturated rings. The van der Waals surface area contributed by atoms with Crippen LogP contribution in [0.1, 0.15) is 51.1 Å². The third kappa shape index (κ3) is 4.84. The van der Waals surface area contributed by atoms with E-state index in [1.807, 2.05) is 29.2 Å². The van der Waals surface area contributed by atoms with E-state index >= 15 is 4.39 Å². The fourth-order valence-electron chi connectivity index (χ4n) is 5.91. The molecule has 3 aliphatic rings. The molecule has 2 aromatic carbocycles. The molecule has 0 radical (unpaired) electrons. The Labute approximate surface area is 216 Å². The average Bonchev–Trinajstić information content (AvgIpc) is 2.98. The highest BCUT2D eigenvalue weighted by Gasteiger charge is 2.43. The van der Waals surface area contributed by atoms with E-state index in [9.17, 15) is 14.4 Å². The van der Waals surface area contributed by atoms with E-state index in [-0.39, 0.29) is 35.5 Å². The number of nitrogens with zero attached hydrogens (tertiary/aromatic N) is 2. The minimum atomic E-state index is -0.761. The summed E-state index contributed by atoms with van der Waals surface area (Å²) in [5, 5.41) is 3.49. The van der Waals surface area contributed by atoms with Gasteiger partial charge in [0, 0.05) is 42.3 Å². The molecule has 2 amide bonds. The Kier molecular flexibility index (Phi) is 6.52. The minimum Gasteiger partial charge on any atom is -0.369 e. The van der Waals surface area contributed by atoms with E-state index in [0.29, 0.717) is 49.9 Å². The van der Waals surface area contributed by atoms with Gasteiger partial charge >= 0.3 is 0 Å². The fraction of sp³-hybridized carbons (Fsp3) is 0.414. The fourth-order valence-corrected chi connectivity index (χ4v) is 5.91. The summed E-state index contributed by atoms with van der Waals surface area (Å²) < 4.78 is 15.4. The number of hydrogen-bond acceptors (Lipinski definition) is 5. The number of fused-ring (bicyclic) bond motifs is 1. The molecule has 1 aliphatic carbocycles. The number of carbonyl (C=O) groups excluding carboxylic acids is 3. The summed E-state index contributed by atoms with van der Waals surface area (Å²) in [7, 11) is 0. The number of nitrogens with two attached hydrogens (primary N) is 1. The number of rotatable bonds is 4. The van der Waals surface area contributed by atoms with Crippen molar-refractivity contribution in [1.82, 2.24) is 4.90 Å². The smallest absolute Gasteiger partial charge is 0.242 e. The molecule has 5 rings (SSSR count). The molecule has 194 valence electrons. The second kappa shape index (κ2) is 9.65. The van der Waals surface area contributed by atoms with E-state index in [1.54, 1.807) is 23.1 Å². The molecule has 8 heteroatoms. The van der Waals surface area contributed by atoms with Gasteiger partial charge in [0.1, 0.15) is 5.82 Å². The van der Waals surface area contributed by atoms with Crippen LogP contribution in [0.15, 0.2) is 59.8 Å². The van der Waals surface area contributed by atoms with Crippen LogP contribution in [0.2, 0.25) is 0 Å². The molecule has 2 aliphatic heterocycles. The van der Waals surface area contributed by atoms with Crippen molar-refractivity contribution < 1.29 is 18.8 Å². The number of ketones is 1. The number of piperidine rings is 1. The van der Waals surface area contributed by atoms with E-state index in [4.69, 9.17) is 5.73 Å². The van der Waals surface area contributed by atoms with Gasteiger partial charge in [0.2, 0.25) is 11.8 Å². The van der Waals surface area contributed by atoms with Crippen LogP contribution in [0, 0.1) is 17.2 Å². The third-order valence-electron chi connectivity index (χ3n) is 7.76. The van der Waals surface area contributed by atoms with Gasteiger partial charge in [0.05, 0.1) is 24.0 Å². The number of allylic oxidation sites excluding steroid dienone is 1. The first-order valence-corrected chi connectivity index (χ1v) is 12.8. The number of anilines is 2. The average molecular weight is 505 g/mol. The predicted octanol–water partition coefficient (Wildman–Crippen LogP) is 4.17. The standard InChI is InChI=1S/C29H33FN4O3/c1-29(2)15-22-26(24(35)16-29)27(19-7-3-4-8-20(19)30)34(23-10-6-5-9-21(23)32-22)17-25(36)33-13-11-18(12-14-33)28(31)37/h3-10,18,27,32H,11-17H2,1-2H3,(H2,31,37). The summed E-state index contributed by atoms with van der Waals surface area (Å²) in [4.78, 5) is 42.5. The maximum Gasteiger partial charge on any atom is 0.242 e. The number of halogens is 1. The summed E-state index contributed by atoms with van der Waals surface area (Å²) in [5.41, 5.74) is 8.39. The molecule has 1 atom stereocenters. The van der Waals surface area contributed by atoms with Gasteiger partial charge in [-0.25, -0.2) is 4.39 Å². The van der Waals surface area contributed by atoms with Crippen LogP contribution in [0.5, 0.6) is 0 Å². The lowest BCUT2D eigenvalue weighted by atomic mass is 9.73. The zero-order chi connectivity index (χ0) is 26.3. The quantitative estimate of drug-likeness (QED) is 0.652. The van der Waals surface area contributed by atoms with Crippen LogP contribution < -0.4 is 16.0 Å². The molecule has 1 unspecified atom stereocenters. The zero-order valence-corrected chi connectivity index (χ0v) is 21.3. The number of primary amides is 1. The van der Waals surface area contributed by atoms with Gasteiger partial charge in [0.25, 0.3) is 0 Å². The molecular formula is C29H33FN4O3. The van der Waals surface area contributed by atoms with Crippen molar-refractivity contribution in [2.75, 3.05) is 29.9 Å². The maximum atomic E-state index is 15.4. The highest BCUT2D eigenvalue weighted by atomic mass is 19.1. The second-order valence-corrected chi connectivity index (χ2v) is 11.1. The van der Waals surface area contributed by atoms with Crippen LogP contribution in [0.4, 0.5) is 15.8 Å². The molecule has 0 aromatic heterocycles. The number of para-hydroxylation sites is 2. The number of Topliss-reactive ketones (excluding diaryl/α,β-unsaturated/α-hetero) is 1. The minimum absolute atomic E-state index is 0.0353. The number of amides is 2. The number of carbonyl (C=O) groups is 3. The molecule has 0 bridgehead atoms. The molecule has 2 aromatic rings. The topological polar surface area (TPSA) is 95.7 Å². The van der Waals surface area contributed by atoms with Crippen molar-refractivity contribution in [1.29, 1.82) is 0 Å². The first-order chi connectivity index (χ1) is 17.6. The number of nitrogens with one attached hydrogen (secondary N) is 1. The molecular weight excluding hydrogens is 471 g/mol. The molecule has 0 spiro atoms. The lowest BCUT2D eigenvalue weighted by Crippen LogP contribution is -2.47. The molecule has 2 heterocycles. The monoisotopic (exact) mass is 504 g/mol. The van der Waals surface area contributed by atoms with Crippen LogP contribution in [-0.2, 0) is 14.4 Å². The Morgan fingerprint density at radius 1 is 1.05 bits per heavy atom. The van der Waals surface area contributed by atoms with Crippen LogP contribution in [-0.4, -0.2) is 42.1 Å². The van der Waals surface area contributed by atoms with E-state index < -0.39 is 11.9 Å². The molecule has 3 N–H and O–H groups in total. The van der Waals surface area contributed by atoms with Gasteiger partial charge in [-0.2, -0.15) is 0 Å². The van der Waals surface area contributed by atoms with Crippen molar-refractivity contribution in [2.45, 2.75) is 45.6 Å². The highest BCUT2D eigenvalue weighted by molar-refractivity contribution is 6.02. The summed E-state index contributed by atoms with van der Waals surface area (Å²) in [6, 6.07) is 13.3. The zero-order valence-electron chi connectivity index (χ0n) is 21.3. The first-order valence-electron chi connectivity index (χ1n) is 12.8. The lowest BCUT2D eigenvalue weighted by molar-refractivity contribution is -0.133. The summed E-state index contributed by atoms with van der Waals surface area (Å²) in [5.74, 6) is -1.16. The van der Waals surface area contributed by atoms with Gasteiger partial charge in [-0.3, -0.25) is 14.4 Å². The third-order valence-corrected chi connectivity index (χ3v) is 7.76. The van der Waals surface area contributed by atoms with Crippen molar-refractivity contribution in [3.63, 3.8) is 0 Å². The number of likely N-dealkylation sites (tertiary alicyclic amines) is 1. The molecule has 37 heavy (non-hydrogen) atoms. The van der Waals surface area contributed by atoms with E-state index in [0.717, 1.165) is 17.1 Å². The van der Waals surface area contributed by atoms with Crippen molar-refractivity contribution in [2.24, 2.45) is 17.1 Å². The Bertz CT molecular complexity index is 1280. The van der Waals surface area contributed by atoms with E-state index in [1.165, 1.54) is 6.07 Å². The normalized spacial score (nSPS) is 21.6. The molecule has 7 nitrogen and oxygen atoms in total. The SMILES string of the molecule is CC1(C)CC(=O)C2=C(C1)Nc1ccccc1N(CC(=O)N1CCC(C(N)=O)CC1)C2c1ccccc1F. The second-order valence-electron chi connectivity index (χ2n) is 11.1. The first kappa shape index (κ1) is 25.0. The largest absolute Gasteiger partial charge is 0.369 e. The Hall–Kier alpha value is -3.68. The lowest BCUT2D eigenvalue weighted by Gasteiger charge is -2.39. The van der Waals surface area contributed by atoms with Crippen LogP contribution >= 0.6 is 0 Å². The Balaban J connectivity index is 1.59. The van der Waals surface area contributed by atoms with Crippen molar-refractivity contribution >= 4 is 29.0 Å². The van der Waals surface area contributed by atoms with Gasteiger partial charge < -0.3 is 20.9 Å². The molecule has 1 saturated heterocycles. The predicted molar refractivity (Wildman–Crippen MR) is 140 cm³/mol. The van der Waals surface area contributed by atoms with Gasteiger partial charge in [-0.1, -0.05) is 44.2 Å². The summed E-state index contributed by atoms with van der Waals surface area (Å²) >= 11 is 0. The van der Waals surface area contributed by atoms with Crippen molar-refractivity contribution in [3.8, 4) is 0 Å².